The lowest BCUT2D eigenvalue weighted by molar-refractivity contribution is -0.144. The molecule has 0 saturated heterocycles. The summed E-state index contributed by atoms with van der Waals surface area (Å²) >= 11 is 1.48. The summed E-state index contributed by atoms with van der Waals surface area (Å²) in [6, 6.07) is 9.11. The number of nitrogens with one attached hydrogen (secondary N) is 1. The van der Waals surface area contributed by atoms with E-state index >= 15 is 0 Å². The highest BCUT2D eigenvalue weighted by Gasteiger charge is 2.13. The third-order valence-electron chi connectivity index (χ3n) is 3.73. The molecular formula is C18H17N3O4S. The zero-order valence-corrected chi connectivity index (χ0v) is 15.1. The molecule has 8 heteroatoms. The highest BCUT2D eigenvalue weighted by molar-refractivity contribution is 7.13. The Labute approximate surface area is 154 Å². The van der Waals surface area contributed by atoms with Gasteiger partial charge in [0.25, 0.3) is 11.8 Å². The number of carbonyl (C=O) groups is 2. The van der Waals surface area contributed by atoms with E-state index in [0.29, 0.717) is 11.4 Å². The number of hydrogen-bond donors (Lipinski definition) is 1. The molecule has 0 spiro atoms. The van der Waals surface area contributed by atoms with E-state index in [4.69, 9.17) is 9.26 Å². The molecule has 0 aliphatic carbocycles. The van der Waals surface area contributed by atoms with E-state index in [1.54, 1.807) is 12.1 Å². The van der Waals surface area contributed by atoms with Gasteiger partial charge in [-0.1, -0.05) is 17.3 Å². The highest BCUT2D eigenvalue weighted by Crippen LogP contribution is 2.21. The molecule has 1 amide bonds. The Balaban J connectivity index is 1.47. The van der Waals surface area contributed by atoms with Crippen molar-refractivity contribution in [3.8, 4) is 10.7 Å². The average Bonchev–Trinajstić information content (AvgIpc) is 3.31. The fourth-order valence-electron chi connectivity index (χ4n) is 2.15. The Kier molecular flexibility index (Phi) is 5.43. The van der Waals surface area contributed by atoms with E-state index < -0.39 is 5.97 Å². The number of aryl methyl sites for hydroxylation is 2. The van der Waals surface area contributed by atoms with Gasteiger partial charge < -0.3 is 14.6 Å². The van der Waals surface area contributed by atoms with E-state index in [-0.39, 0.29) is 24.9 Å². The normalized spacial score (nSPS) is 10.5. The largest absolute Gasteiger partial charge is 0.454 e. The van der Waals surface area contributed by atoms with Crippen LogP contribution in [-0.2, 0) is 16.1 Å². The molecule has 0 unspecified atom stereocenters. The van der Waals surface area contributed by atoms with E-state index in [9.17, 15) is 9.59 Å². The van der Waals surface area contributed by atoms with Crippen LogP contribution in [0.2, 0.25) is 0 Å². The van der Waals surface area contributed by atoms with E-state index in [1.807, 2.05) is 37.4 Å². The van der Waals surface area contributed by atoms with Gasteiger partial charge in [-0.3, -0.25) is 9.59 Å². The van der Waals surface area contributed by atoms with Gasteiger partial charge in [0.15, 0.2) is 6.61 Å². The molecule has 0 saturated carbocycles. The molecule has 134 valence electrons. The minimum absolute atomic E-state index is 0.142. The molecule has 0 radical (unpaired) electrons. The monoisotopic (exact) mass is 371 g/mol. The van der Waals surface area contributed by atoms with Crippen LogP contribution in [0.25, 0.3) is 10.7 Å². The number of esters is 1. The van der Waals surface area contributed by atoms with Crippen LogP contribution < -0.4 is 5.32 Å². The quantitative estimate of drug-likeness (QED) is 0.670. The van der Waals surface area contributed by atoms with Crippen molar-refractivity contribution in [2.24, 2.45) is 0 Å². The standard InChI is InChI=1S/C18H17N3O4S/c1-11-5-6-13(8-12(11)2)18(23)19-9-16(22)24-10-15-20-17(21-25-15)14-4-3-7-26-14/h3-8H,9-10H2,1-2H3,(H,19,23). The molecule has 0 bridgehead atoms. The fourth-order valence-corrected chi connectivity index (χ4v) is 2.80. The smallest absolute Gasteiger partial charge is 0.325 e. The maximum absolute atomic E-state index is 12.1. The second kappa shape index (κ2) is 7.92. The third-order valence-corrected chi connectivity index (χ3v) is 4.59. The molecular weight excluding hydrogens is 354 g/mol. The minimum Gasteiger partial charge on any atom is -0.454 e. The van der Waals surface area contributed by atoms with Crippen molar-refractivity contribution in [1.82, 2.24) is 15.5 Å². The van der Waals surface area contributed by atoms with Gasteiger partial charge in [-0.15, -0.1) is 11.3 Å². The van der Waals surface area contributed by atoms with Crippen LogP contribution in [0.5, 0.6) is 0 Å². The van der Waals surface area contributed by atoms with Gasteiger partial charge in [-0.25, -0.2) is 0 Å². The zero-order valence-electron chi connectivity index (χ0n) is 14.3. The number of hydrogen-bond acceptors (Lipinski definition) is 7. The van der Waals surface area contributed by atoms with E-state index in [0.717, 1.165) is 16.0 Å². The second-order valence-electron chi connectivity index (χ2n) is 5.63. The van der Waals surface area contributed by atoms with Crippen LogP contribution >= 0.6 is 11.3 Å². The minimum atomic E-state index is -0.585. The predicted molar refractivity (Wildman–Crippen MR) is 95.7 cm³/mol. The summed E-state index contributed by atoms with van der Waals surface area (Å²) in [4.78, 5) is 28.9. The molecule has 3 rings (SSSR count). The summed E-state index contributed by atoms with van der Waals surface area (Å²) in [5.41, 5.74) is 2.61. The molecule has 3 aromatic rings. The van der Waals surface area contributed by atoms with Crippen molar-refractivity contribution in [1.29, 1.82) is 0 Å². The predicted octanol–water partition coefficient (Wildman–Crippen LogP) is 2.89. The number of ether oxygens (including phenoxy) is 1. The molecule has 1 N–H and O–H groups in total. The van der Waals surface area contributed by atoms with Crippen molar-refractivity contribution in [2.75, 3.05) is 6.54 Å². The lowest BCUT2D eigenvalue weighted by atomic mass is 10.1. The zero-order chi connectivity index (χ0) is 18.5. The Bertz CT molecular complexity index is 918. The molecule has 0 aliphatic rings. The first-order chi connectivity index (χ1) is 12.5. The van der Waals surface area contributed by atoms with Crippen LogP contribution in [0.3, 0.4) is 0 Å². The molecule has 7 nitrogen and oxygen atoms in total. The topological polar surface area (TPSA) is 94.3 Å². The Morgan fingerprint density at radius 2 is 2.08 bits per heavy atom. The number of aromatic nitrogens is 2. The fraction of sp³-hybridized carbons (Fsp3) is 0.222. The maximum Gasteiger partial charge on any atom is 0.325 e. The van der Waals surface area contributed by atoms with Crippen LogP contribution in [0, 0.1) is 13.8 Å². The van der Waals surface area contributed by atoms with Gasteiger partial charge in [-0.05, 0) is 48.6 Å². The van der Waals surface area contributed by atoms with Gasteiger partial charge >= 0.3 is 5.97 Å². The van der Waals surface area contributed by atoms with Crippen LogP contribution in [0.4, 0.5) is 0 Å². The number of nitrogens with zero attached hydrogens (tertiary/aromatic N) is 2. The van der Waals surface area contributed by atoms with Crippen LogP contribution in [0.15, 0.2) is 40.2 Å². The summed E-state index contributed by atoms with van der Waals surface area (Å²) in [6.07, 6.45) is 0. The van der Waals surface area contributed by atoms with Crippen molar-refractivity contribution in [3.63, 3.8) is 0 Å². The summed E-state index contributed by atoms with van der Waals surface area (Å²) in [6.45, 7) is 3.51. The molecule has 26 heavy (non-hydrogen) atoms. The van der Waals surface area contributed by atoms with Crippen LogP contribution in [-0.4, -0.2) is 28.6 Å². The Morgan fingerprint density at radius 3 is 2.81 bits per heavy atom. The first-order valence-corrected chi connectivity index (χ1v) is 8.78. The highest BCUT2D eigenvalue weighted by atomic mass is 32.1. The lowest BCUT2D eigenvalue weighted by Gasteiger charge is -2.07. The first kappa shape index (κ1) is 17.8. The van der Waals surface area contributed by atoms with Gasteiger partial charge in [0.1, 0.15) is 6.54 Å². The average molecular weight is 371 g/mol. The number of amides is 1. The summed E-state index contributed by atoms with van der Waals surface area (Å²) < 4.78 is 10.1. The van der Waals surface area contributed by atoms with Gasteiger partial charge in [0.2, 0.25) is 5.82 Å². The molecule has 0 fully saturated rings. The Hall–Kier alpha value is -3.00. The molecule has 2 heterocycles. The molecule has 2 aromatic heterocycles. The molecule has 0 atom stereocenters. The van der Waals surface area contributed by atoms with Crippen molar-refractivity contribution in [3.05, 3.63) is 58.3 Å². The van der Waals surface area contributed by atoms with Gasteiger partial charge in [-0.2, -0.15) is 4.98 Å². The summed E-state index contributed by atoms with van der Waals surface area (Å²) in [5, 5.41) is 8.27. The lowest BCUT2D eigenvalue weighted by Crippen LogP contribution is -2.30. The molecule has 1 aromatic carbocycles. The van der Waals surface area contributed by atoms with Gasteiger partial charge in [0.05, 0.1) is 4.88 Å². The third kappa shape index (κ3) is 4.34. The van der Waals surface area contributed by atoms with Crippen molar-refractivity contribution in [2.45, 2.75) is 20.5 Å². The van der Waals surface area contributed by atoms with Crippen LogP contribution in [0.1, 0.15) is 27.4 Å². The van der Waals surface area contributed by atoms with Gasteiger partial charge in [0, 0.05) is 5.56 Å². The number of rotatable bonds is 6. The van der Waals surface area contributed by atoms with Crippen molar-refractivity contribution >= 4 is 23.2 Å². The SMILES string of the molecule is Cc1ccc(C(=O)NCC(=O)OCc2nc(-c3cccs3)no2)cc1C. The van der Waals surface area contributed by atoms with E-state index in [1.165, 1.54) is 11.3 Å². The second-order valence-corrected chi connectivity index (χ2v) is 6.58. The number of thiophene rings is 1. The summed E-state index contributed by atoms with van der Waals surface area (Å²) in [5.74, 6) is -0.266. The van der Waals surface area contributed by atoms with Crippen molar-refractivity contribution < 1.29 is 18.8 Å². The number of carbonyl (C=O) groups excluding carboxylic acids is 2. The Morgan fingerprint density at radius 1 is 1.23 bits per heavy atom. The number of benzene rings is 1. The maximum atomic E-state index is 12.1. The van der Waals surface area contributed by atoms with E-state index in [2.05, 4.69) is 15.5 Å². The first-order valence-electron chi connectivity index (χ1n) is 7.90. The molecule has 0 aliphatic heterocycles. The summed E-state index contributed by atoms with van der Waals surface area (Å²) in [7, 11) is 0.